The molecule has 0 spiro atoms. The van der Waals surface area contributed by atoms with Gasteiger partial charge in [-0.05, 0) is 54.7 Å². The summed E-state index contributed by atoms with van der Waals surface area (Å²) in [6.45, 7) is 2.91. The molecule has 1 aliphatic carbocycles. The highest BCUT2D eigenvalue weighted by Gasteiger charge is 2.36. The first kappa shape index (κ1) is 14.8. The summed E-state index contributed by atoms with van der Waals surface area (Å²) < 4.78 is 7.61. The lowest BCUT2D eigenvalue weighted by atomic mass is 9.97. The van der Waals surface area contributed by atoms with Gasteiger partial charge >= 0.3 is 0 Å². The SMILES string of the molecule is COc1ccc(Cn2cnc3cc4c(cc32)N[C@@H]2CCC[C@H]42)cc1C. The highest BCUT2D eigenvalue weighted by molar-refractivity contribution is 5.83. The molecule has 0 unspecified atom stereocenters. The lowest BCUT2D eigenvalue weighted by Crippen LogP contribution is -2.13. The minimum absolute atomic E-state index is 0.638. The van der Waals surface area contributed by atoms with Crippen molar-refractivity contribution in [3.8, 4) is 5.75 Å². The Bertz CT molecular complexity index is 959. The Hall–Kier alpha value is -2.49. The van der Waals surface area contributed by atoms with E-state index < -0.39 is 0 Å². The van der Waals surface area contributed by atoms with Crippen LogP contribution in [0, 0.1) is 6.92 Å². The van der Waals surface area contributed by atoms with Gasteiger partial charge in [0, 0.05) is 24.2 Å². The molecular formula is C21H23N3O. The maximum Gasteiger partial charge on any atom is 0.121 e. The van der Waals surface area contributed by atoms with Crippen LogP contribution >= 0.6 is 0 Å². The number of hydrogen-bond donors (Lipinski definition) is 1. The third kappa shape index (κ3) is 2.31. The molecule has 5 rings (SSSR count). The van der Waals surface area contributed by atoms with Gasteiger partial charge in [-0.15, -0.1) is 0 Å². The lowest BCUT2D eigenvalue weighted by Gasteiger charge is -2.10. The van der Waals surface area contributed by atoms with Crippen LogP contribution in [0.4, 0.5) is 5.69 Å². The molecule has 1 aromatic heterocycles. The van der Waals surface area contributed by atoms with Gasteiger partial charge in [-0.25, -0.2) is 4.98 Å². The lowest BCUT2D eigenvalue weighted by molar-refractivity contribution is 0.411. The third-order valence-electron chi connectivity index (χ3n) is 5.86. The molecule has 4 nitrogen and oxygen atoms in total. The maximum atomic E-state index is 5.36. The van der Waals surface area contributed by atoms with Crippen LogP contribution in [-0.2, 0) is 6.54 Å². The summed E-state index contributed by atoms with van der Waals surface area (Å²) in [7, 11) is 1.72. The van der Waals surface area contributed by atoms with Crippen molar-refractivity contribution in [2.45, 2.75) is 44.7 Å². The van der Waals surface area contributed by atoms with E-state index in [2.05, 4.69) is 46.1 Å². The number of methoxy groups -OCH3 is 1. The van der Waals surface area contributed by atoms with Crippen LogP contribution < -0.4 is 10.1 Å². The molecule has 4 heteroatoms. The number of anilines is 1. The summed E-state index contributed by atoms with van der Waals surface area (Å²) >= 11 is 0. The van der Waals surface area contributed by atoms with Crippen molar-refractivity contribution in [3.63, 3.8) is 0 Å². The maximum absolute atomic E-state index is 5.36. The minimum atomic E-state index is 0.638. The average Bonchev–Trinajstić information content (AvgIpc) is 3.28. The van der Waals surface area contributed by atoms with E-state index in [-0.39, 0.29) is 0 Å². The van der Waals surface area contributed by atoms with Crippen LogP contribution in [-0.4, -0.2) is 22.7 Å². The number of aromatic nitrogens is 2. The molecule has 0 bridgehead atoms. The fourth-order valence-electron chi connectivity index (χ4n) is 4.62. The molecule has 3 aromatic rings. The van der Waals surface area contributed by atoms with Gasteiger partial charge in [0.1, 0.15) is 5.75 Å². The van der Waals surface area contributed by atoms with Crippen molar-refractivity contribution < 1.29 is 4.74 Å². The van der Waals surface area contributed by atoms with E-state index in [0.717, 1.165) is 17.8 Å². The summed E-state index contributed by atoms with van der Waals surface area (Å²) in [6, 6.07) is 11.6. The van der Waals surface area contributed by atoms with E-state index in [4.69, 9.17) is 4.74 Å². The van der Waals surface area contributed by atoms with Gasteiger partial charge in [0.25, 0.3) is 0 Å². The first-order valence-corrected chi connectivity index (χ1v) is 9.12. The number of ether oxygens (including phenoxy) is 1. The van der Waals surface area contributed by atoms with Gasteiger partial charge in [0.15, 0.2) is 0 Å². The van der Waals surface area contributed by atoms with Crippen LogP contribution in [0.15, 0.2) is 36.7 Å². The normalized spacial score (nSPS) is 21.2. The zero-order chi connectivity index (χ0) is 17.0. The Morgan fingerprint density at radius 2 is 2.16 bits per heavy atom. The van der Waals surface area contributed by atoms with Crippen molar-refractivity contribution >= 4 is 16.7 Å². The Balaban J connectivity index is 1.51. The Kier molecular flexibility index (Phi) is 3.27. The van der Waals surface area contributed by atoms with Crippen molar-refractivity contribution in [2.75, 3.05) is 12.4 Å². The van der Waals surface area contributed by atoms with Crippen molar-refractivity contribution in [2.24, 2.45) is 0 Å². The smallest absolute Gasteiger partial charge is 0.121 e. The zero-order valence-electron chi connectivity index (χ0n) is 14.7. The standard InChI is InChI=1S/C21H23N3O/c1-13-8-14(6-7-21(13)25-2)11-24-12-22-19-9-16-15-4-3-5-17(15)23-18(16)10-20(19)24/h6-10,12,15,17,23H,3-5,11H2,1-2H3/t15-,17-/m1/s1. The van der Waals surface area contributed by atoms with Crippen LogP contribution in [0.1, 0.15) is 41.9 Å². The molecule has 2 heterocycles. The van der Waals surface area contributed by atoms with E-state index in [1.807, 2.05) is 12.4 Å². The van der Waals surface area contributed by atoms with Gasteiger partial charge in [-0.3, -0.25) is 0 Å². The van der Waals surface area contributed by atoms with Crippen LogP contribution in [0.25, 0.3) is 11.0 Å². The summed E-state index contributed by atoms with van der Waals surface area (Å²) in [4.78, 5) is 4.67. The molecule has 0 radical (unpaired) electrons. The third-order valence-corrected chi connectivity index (χ3v) is 5.86. The first-order chi connectivity index (χ1) is 12.2. The highest BCUT2D eigenvalue weighted by Crippen LogP contribution is 2.46. The van der Waals surface area contributed by atoms with Crippen LogP contribution in [0.5, 0.6) is 5.75 Å². The Morgan fingerprint density at radius 1 is 1.24 bits per heavy atom. The highest BCUT2D eigenvalue weighted by atomic mass is 16.5. The molecule has 2 aromatic carbocycles. The summed E-state index contributed by atoms with van der Waals surface area (Å²) in [5, 5.41) is 3.74. The molecule has 1 N–H and O–H groups in total. The summed E-state index contributed by atoms with van der Waals surface area (Å²) in [5.74, 6) is 1.63. The molecular weight excluding hydrogens is 310 g/mol. The largest absolute Gasteiger partial charge is 0.496 e. The number of benzene rings is 2. The molecule has 2 atom stereocenters. The fraction of sp³-hybridized carbons (Fsp3) is 0.381. The van der Waals surface area contributed by atoms with E-state index in [1.54, 1.807) is 7.11 Å². The van der Waals surface area contributed by atoms with Crippen molar-refractivity contribution in [1.29, 1.82) is 0 Å². The Labute approximate surface area is 147 Å². The van der Waals surface area contributed by atoms with Gasteiger partial charge in [0.2, 0.25) is 0 Å². The minimum Gasteiger partial charge on any atom is -0.496 e. The molecule has 1 fully saturated rings. The van der Waals surface area contributed by atoms with Gasteiger partial charge in [0.05, 0.1) is 24.5 Å². The topological polar surface area (TPSA) is 39.1 Å². The van der Waals surface area contributed by atoms with Gasteiger partial charge in [-0.2, -0.15) is 0 Å². The Morgan fingerprint density at radius 3 is 3.00 bits per heavy atom. The second-order valence-electron chi connectivity index (χ2n) is 7.39. The van der Waals surface area contributed by atoms with E-state index in [9.17, 15) is 0 Å². The summed E-state index contributed by atoms with van der Waals surface area (Å²) in [5.41, 5.74) is 7.54. The predicted octanol–water partition coefficient (Wildman–Crippen LogP) is 4.46. The molecule has 128 valence electrons. The molecule has 1 saturated carbocycles. The van der Waals surface area contributed by atoms with E-state index in [0.29, 0.717) is 12.0 Å². The molecule has 1 aliphatic heterocycles. The van der Waals surface area contributed by atoms with Crippen LogP contribution in [0.2, 0.25) is 0 Å². The number of rotatable bonds is 3. The van der Waals surface area contributed by atoms with E-state index in [1.165, 1.54) is 47.2 Å². The van der Waals surface area contributed by atoms with Crippen molar-refractivity contribution in [1.82, 2.24) is 9.55 Å². The zero-order valence-corrected chi connectivity index (χ0v) is 14.7. The number of hydrogen-bond acceptors (Lipinski definition) is 3. The van der Waals surface area contributed by atoms with Gasteiger partial charge < -0.3 is 14.6 Å². The average molecular weight is 333 g/mol. The molecule has 0 saturated heterocycles. The number of aryl methyl sites for hydroxylation is 1. The van der Waals surface area contributed by atoms with Gasteiger partial charge in [-0.1, -0.05) is 18.6 Å². The molecule has 0 amide bonds. The van der Waals surface area contributed by atoms with Crippen LogP contribution in [0.3, 0.4) is 0 Å². The number of imidazole rings is 1. The predicted molar refractivity (Wildman–Crippen MR) is 101 cm³/mol. The quantitative estimate of drug-likeness (QED) is 0.769. The number of fused-ring (bicyclic) bond motifs is 4. The molecule has 2 aliphatic rings. The van der Waals surface area contributed by atoms with E-state index >= 15 is 0 Å². The molecule has 25 heavy (non-hydrogen) atoms. The first-order valence-electron chi connectivity index (χ1n) is 9.12. The second-order valence-corrected chi connectivity index (χ2v) is 7.39. The second kappa shape index (κ2) is 5.51. The summed E-state index contributed by atoms with van der Waals surface area (Å²) in [6.07, 6.45) is 5.90. The number of nitrogens with zero attached hydrogens (tertiary/aromatic N) is 2. The fourth-order valence-corrected chi connectivity index (χ4v) is 4.62. The monoisotopic (exact) mass is 333 g/mol. The van der Waals surface area contributed by atoms with Crippen molar-refractivity contribution in [3.05, 3.63) is 53.3 Å². The number of nitrogens with one attached hydrogen (secondary N) is 1.